The molecule has 8 nitrogen and oxygen atoms in total. The van der Waals surface area contributed by atoms with Gasteiger partial charge >= 0.3 is 0 Å². The zero-order chi connectivity index (χ0) is 20.5. The Labute approximate surface area is 172 Å². The molecule has 2 unspecified atom stereocenters. The lowest BCUT2D eigenvalue weighted by molar-refractivity contribution is -0.125. The molecule has 1 aliphatic rings. The molecule has 0 saturated carbocycles. The second-order valence-electron chi connectivity index (χ2n) is 7.37. The van der Waals surface area contributed by atoms with Gasteiger partial charge in [0.25, 0.3) is 0 Å². The highest BCUT2D eigenvalue weighted by molar-refractivity contribution is 7.22. The van der Waals surface area contributed by atoms with Gasteiger partial charge < -0.3 is 10.6 Å². The summed E-state index contributed by atoms with van der Waals surface area (Å²) in [5.74, 6) is -0.0705. The summed E-state index contributed by atoms with van der Waals surface area (Å²) in [5, 5.41) is 14.4. The minimum absolute atomic E-state index is 0.00515. The van der Waals surface area contributed by atoms with E-state index in [0.29, 0.717) is 24.4 Å². The molecule has 29 heavy (non-hydrogen) atoms. The van der Waals surface area contributed by atoms with Gasteiger partial charge in [-0.25, -0.2) is 9.67 Å². The van der Waals surface area contributed by atoms with E-state index in [1.54, 1.807) is 4.68 Å². The number of aromatic nitrogens is 3. The maximum Gasteiger partial charge on any atom is 0.226 e. The molecule has 1 fully saturated rings. The number of benzene rings is 1. The van der Waals surface area contributed by atoms with Crippen LogP contribution in [0.15, 0.2) is 24.3 Å². The van der Waals surface area contributed by atoms with Crippen LogP contribution in [0.1, 0.15) is 43.0 Å². The van der Waals surface area contributed by atoms with Crippen molar-refractivity contribution in [3.05, 3.63) is 41.2 Å². The van der Waals surface area contributed by atoms with Crippen molar-refractivity contribution in [1.82, 2.24) is 25.4 Å². The molecule has 2 amide bonds. The summed E-state index contributed by atoms with van der Waals surface area (Å²) in [6.45, 7) is 5.87. The van der Waals surface area contributed by atoms with E-state index in [4.69, 9.17) is 0 Å². The quantitative estimate of drug-likeness (QED) is 0.598. The highest BCUT2D eigenvalue weighted by atomic mass is 32.1. The van der Waals surface area contributed by atoms with Crippen molar-refractivity contribution in [2.45, 2.75) is 52.4 Å². The Balaban J connectivity index is 1.42. The largest absolute Gasteiger partial charge is 0.322 e. The molecule has 1 aliphatic heterocycles. The molecule has 3 heterocycles. The smallest absolute Gasteiger partial charge is 0.226 e. The number of fused-ring (bicyclic) bond motifs is 1. The molecule has 0 radical (unpaired) electrons. The Morgan fingerprint density at radius 2 is 2.14 bits per heavy atom. The van der Waals surface area contributed by atoms with E-state index in [2.05, 4.69) is 26.0 Å². The van der Waals surface area contributed by atoms with Crippen molar-refractivity contribution in [2.24, 2.45) is 0 Å². The zero-order valence-electron chi connectivity index (χ0n) is 16.7. The lowest BCUT2D eigenvalue weighted by Crippen LogP contribution is -2.52. The highest BCUT2D eigenvalue weighted by Gasteiger charge is 2.27. The van der Waals surface area contributed by atoms with Crippen LogP contribution in [0, 0.1) is 13.8 Å². The average Bonchev–Trinajstić information content (AvgIpc) is 3.19. The predicted octanol–water partition coefficient (Wildman–Crippen LogP) is 2.64. The molecular formula is C20H24N6O2S. The minimum Gasteiger partial charge on any atom is -0.322 e. The van der Waals surface area contributed by atoms with Crippen LogP contribution in [-0.2, 0) is 16.0 Å². The van der Waals surface area contributed by atoms with Crippen LogP contribution < -0.4 is 16.0 Å². The van der Waals surface area contributed by atoms with E-state index >= 15 is 0 Å². The van der Waals surface area contributed by atoms with Crippen LogP contribution >= 0.6 is 11.3 Å². The first-order valence-corrected chi connectivity index (χ1v) is 10.5. The number of anilines is 1. The Hall–Kier alpha value is -2.78. The maximum absolute atomic E-state index is 12.4. The number of hydrogen-bond donors (Lipinski definition) is 3. The van der Waals surface area contributed by atoms with Gasteiger partial charge in [-0.15, -0.1) is 0 Å². The molecule has 0 bridgehead atoms. The lowest BCUT2D eigenvalue weighted by atomic mass is 10.1. The van der Waals surface area contributed by atoms with Crippen LogP contribution in [-0.4, -0.2) is 32.6 Å². The normalized spacial score (nSPS) is 19.3. The van der Waals surface area contributed by atoms with Crippen LogP contribution in [0.4, 0.5) is 5.13 Å². The van der Waals surface area contributed by atoms with Gasteiger partial charge in [0.1, 0.15) is 0 Å². The first-order valence-electron chi connectivity index (χ1n) is 9.66. The van der Waals surface area contributed by atoms with Gasteiger partial charge in [0.15, 0.2) is 11.4 Å². The number of amides is 2. The third-order valence-electron chi connectivity index (χ3n) is 5.09. The number of thiazole rings is 1. The van der Waals surface area contributed by atoms with Gasteiger partial charge in [0.05, 0.1) is 15.9 Å². The maximum atomic E-state index is 12.4. The number of carbonyl (C=O) groups excluding carboxylic acids is 2. The standard InChI is InChI=1S/C20H24N6O2S/c1-11-10-18(28)23-19(21-11)26-13(3)14(12(2)25-26)8-9-17(27)24-20-22-15-6-4-5-7-16(15)29-20/h4-7,11,19,21H,8-10H2,1-3H3,(H,23,28)(H,22,24,27). The number of nitrogens with one attached hydrogen (secondary N) is 3. The third-order valence-corrected chi connectivity index (χ3v) is 6.05. The van der Waals surface area contributed by atoms with E-state index in [-0.39, 0.29) is 24.1 Å². The average molecular weight is 413 g/mol. The molecule has 3 N–H and O–H groups in total. The van der Waals surface area contributed by atoms with Gasteiger partial charge in [-0.2, -0.15) is 5.10 Å². The fraction of sp³-hybridized carbons (Fsp3) is 0.400. The number of aryl methyl sites for hydroxylation is 1. The molecule has 2 aromatic heterocycles. The van der Waals surface area contributed by atoms with Gasteiger partial charge in [0.2, 0.25) is 11.8 Å². The Morgan fingerprint density at radius 3 is 2.90 bits per heavy atom. The van der Waals surface area contributed by atoms with E-state index in [1.165, 1.54) is 11.3 Å². The summed E-state index contributed by atoms with van der Waals surface area (Å²) < 4.78 is 2.84. The Bertz CT molecular complexity index is 1040. The van der Waals surface area contributed by atoms with E-state index in [0.717, 1.165) is 27.2 Å². The summed E-state index contributed by atoms with van der Waals surface area (Å²) in [7, 11) is 0. The van der Waals surface area contributed by atoms with Crippen molar-refractivity contribution in [1.29, 1.82) is 0 Å². The van der Waals surface area contributed by atoms with Crippen molar-refractivity contribution in [3.8, 4) is 0 Å². The molecule has 1 saturated heterocycles. The summed E-state index contributed by atoms with van der Waals surface area (Å²) in [6.07, 6.45) is 0.999. The molecule has 3 aromatic rings. The van der Waals surface area contributed by atoms with Crippen LogP contribution in [0.2, 0.25) is 0 Å². The molecule has 0 spiro atoms. The molecular weight excluding hydrogens is 388 g/mol. The zero-order valence-corrected chi connectivity index (χ0v) is 17.5. The Kier molecular flexibility index (Phi) is 5.33. The third kappa shape index (κ3) is 4.15. The number of rotatable bonds is 5. The number of para-hydroxylation sites is 1. The van der Waals surface area contributed by atoms with Crippen LogP contribution in [0.5, 0.6) is 0 Å². The first-order chi connectivity index (χ1) is 13.9. The van der Waals surface area contributed by atoms with Gasteiger partial charge in [0, 0.05) is 24.6 Å². The second-order valence-corrected chi connectivity index (χ2v) is 8.40. The molecule has 1 aromatic carbocycles. The number of nitrogens with zero attached hydrogens (tertiary/aromatic N) is 3. The van der Waals surface area contributed by atoms with Gasteiger partial charge in [-0.1, -0.05) is 23.5 Å². The van der Waals surface area contributed by atoms with E-state index in [9.17, 15) is 9.59 Å². The summed E-state index contributed by atoms with van der Waals surface area (Å²) >= 11 is 1.47. The van der Waals surface area contributed by atoms with Crippen molar-refractivity contribution in [2.75, 3.05) is 5.32 Å². The fourth-order valence-corrected chi connectivity index (χ4v) is 4.53. The van der Waals surface area contributed by atoms with Gasteiger partial charge in [-0.05, 0) is 44.9 Å². The molecule has 4 rings (SSSR count). The van der Waals surface area contributed by atoms with Crippen molar-refractivity contribution in [3.63, 3.8) is 0 Å². The number of hydrogen-bond acceptors (Lipinski definition) is 6. The van der Waals surface area contributed by atoms with E-state index in [1.807, 2.05) is 45.0 Å². The van der Waals surface area contributed by atoms with Crippen molar-refractivity contribution < 1.29 is 9.59 Å². The van der Waals surface area contributed by atoms with Crippen LogP contribution in [0.25, 0.3) is 10.2 Å². The van der Waals surface area contributed by atoms with Crippen molar-refractivity contribution >= 4 is 38.5 Å². The summed E-state index contributed by atoms with van der Waals surface area (Å²) in [5.41, 5.74) is 3.72. The Morgan fingerprint density at radius 1 is 1.34 bits per heavy atom. The monoisotopic (exact) mass is 412 g/mol. The lowest BCUT2D eigenvalue weighted by Gasteiger charge is -2.30. The highest BCUT2D eigenvalue weighted by Crippen LogP contribution is 2.26. The molecule has 2 atom stereocenters. The second kappa shape index (κ2) is 7.92. The fourth-order valence-electron chi connectivity index (χ4n) is 3.65. The number of carbonyl (C=O) groups is 2. The predicted molar refractivity (Wildman–Crippen MR) is 113 cm³/mol. The van der Waals surface area contributed by atoms with Gasteiger partial charge in [-0.3, -0.25) is 14.9 Å². The molecule has 152 valence electrons. The minimum atomic E-state index is -0.365. The SMILES string of the molecule is Cc1nn(C2NC(=O)CC(C)N2)c(C)c1CCC(=O)Nc1nc2ccccc2s1. The summed E-state index contributed by atoms with van der Waals surface area (Å²) in [6, 6.07) is 7.89. The molecule has 0 aliphatic carbocycles. The first kappa shape index (κ1) is 19.5. The topological polar surface area (TPSA) is 101 Å². The summed E-state index contributed by atoms with van der Waals surface area (Å²) in [4.78, 5) is 28.7. The van der Waals surface area contributed by atoms with E-state index < -0.39 is 0 Å². The van der Waals surface area contributed by atoms with Crippen LogP contribution in [0.3, 0.4) is 0 Å². The molecule has 9 heteroatoms.